The zero-order valence-electron chi connectivity index (χ0n) is 17.6. The van der Waals surface area contributed by atoms with Crippen LogP contribution in [0.1, 0.15) is 54.7 Å². The number of sulfone groups is 1. The average Bonchev–Trinajstić information content (AvgIpc) is 2.67. The summed E-state index contributed by atoms with van der Waals surface area (Å²) in [4.78, 5) is 22.6. The Kier molecular flexibility index (Phi) is 9.68. The minimum atomic E-state index is -3.15. The van der Waals surface area contributed by atoms with E-state index in [2.05, 4.69) is 5.32 Å². The highest BCUT2D eigenvalue weighted by Gasteiger charge is 2.11. The van der Waals surface area contributed by atoms with E-state index in [1.54, 1.807) is 36.4 Å². The molecule has 0 heterocycles. The highest BCUT2D eigenvalue weighted by Crippen LogP contribution is 2.14. The maximum atomic E-state index is 11.6. The molecule has 0 aliphatic rings. The van der Waals surface area contributed by atoms with Crippen molar-refractivity contribution < 1.29 is 28.2 Å². The Bertz CT molecular complexity index is 952. The highest BCUT2D eigenvalue weighted by molar-refractivity contribution is 7.90. The topological polar surface area (TPSA) is 121 Å². The van der Waals surface area contributed by atoms with Crippen LogP contribution in [0.3, 0.4) is 0 Å². The van der Waals surface area contributed by atoms with E-state index in [1.807, 2.05) is 20.8 Å². The van der Waals surface area contributed by atoms with Crippen LogP contribution in [0.15, 0.2) is 53.4 Å². The number of carbonyl (C=O) groups excluding carboxylic acids is 1. The Morgan fingerprint density at radius 3 is 2.10 bits per heavy atom. The summed E-state index contributed by atoms with van der Waals surface area (Å²) in [7, 11) is -3.15. The van der Waals surface area contributed by atoms with Crippen LogP contribution in [0.25, 0.3) is 0 Å². The van der Waals surface area contributed by atoms with Crippen molar-refractivity contribution in [3.63, 3.8) is 0 Å². The lowest BCUT2D eigenvalue weighted by atomic mass is 10.1. The van der Waals surface area contributed by atoms with E-state index in [4.69, 9.17) is 10.2 Å². The van der Waals surface area contributed by atoms with Gasteiger partial charge in [-0.1, -0.05) is 38.1 Å². The molecule has 0 spiro atoms. The molecule has 1 unspecified atom stereocenters. The number of aliphatic hydroxyl groups excluding tert-OH is 1. The molecule has 0 aliphatic heterocycles. The second-order valence-electron chi connectivity index (χ2n) is 7.39. The van der Waals surface area contributed by atoms with Crippen molar-refractivity contribution in [3.05, 3.63) is 65.2 Å². The molecular formula is C22H29NO6S. The second kappa shape index (κ2) is 11.5. The molecule has 1 amide bonds. The van der Waals surface area contributed by atoms with E-state index in [-0.39, 0.29) is 29.0 Å². The summed E-state index contributed by atoms with van der Waals surface area (Å²) in [6.07, 6.45) is 1.64. The largest absolute Gasteiger partial charge is 0.478 e. The molecule has 0 bridgehead atoms. The lowest BCUT2D eigenvalue weighted by molar-refractivity contribution is -0.122. The van der Waals surface area contributed by atoms with Crippen LogP contribution in [-0.2, 0) is 21.2 Å². The number of hydrogen-bond acceptors (Lipinski definition) is 5. The number of aliphatic hydroxyl groups is 1. The quantitative estimate of drug-likeness (QED) is 0.614. The predicted molar refractivity (Wildman–Crippen MR) is 115 cm³/mol. The van der Waals surface area contributed by atoms with Crippen molar-refractivity contribution in [3.8, 4) is 0 Å². The number of aromatic carboxylic acids is 1. The van der Waals surface area contributed by atoms with Crippen LogP contribution >= 0.6 is 0 Å². The van der Waals surface area contributed by atoms with E-state index in [1.165, 1.54) is 12.1 Å². The number of benzene rings is 2. The third-order valence-corrected chi connectivity index (χ3v) is 5.25. The minimum absolute atomic E-state index is 0.0137. The van der Waals surface area contributed by atoms with Gasteiger partial charge in [0.15, 0.2) is 9.84 Å². The summed E-state index contributed by atoms with van der Waals surface area (Å²) >= 11 is 0. The normalized spacial score (nSPS) is 11.9. The first kappa shape index (κ1) is 25.3. The van der Waals surface area contributed by atoms with Crippen molar-refractivity contribution in [2.75, 3.05) is 6.26 Å². The van der Waals surface area contributed by atoms with Crippen LogP contribution in [0.5, 0.6) is 0 Å². The Balaban J connectivity index is 0.000000325. The van der Waals surface area contributed by atoms with Gasteiger partial charge in [0.05, 0.1) is 23.1 Å². The van der Waals surface area contributed by atoms with Crippen molar-refractivity contribution >= 4 is 21.7 Å². The van der Waals surface area contributed by atoms with Gasteiger partial charge < -0.3 is 15.5 Å². The molecule has 2 aromatic carbocycles. The van der Waals surface area contributed by atoms with Crippen LogP contribution < -0.4 is 5.32 Å². The lowest BCUT2D eigenvalue weighted by Crippen LogP contribution is -2.27. The molecule has 1 atom stereocenters. The van der Waals surface area contributed by atoms with Gasteiger partial charge in [0.2, 0.25) is 5.91 Å². The number of nitrogens with one attached hydrogen (secondary N) is 1. The van der Waals surface area contributed by atoms with Gasteiger partial charge in [-0.05, 0) is 48.2 Å². The monoisotopic (exact) mass is 435 g/mol. The predicted octanol–water partition coefficient (Wildman–Crippen LogP) is 3.19. The highest BCUT2D eigenvalue weighted by atomic mass is 32.2. The summed E-state index contributed by atoms with van der Waals surface area (Å²) in [5, 5.41) is 20.4. The number of carboxylic acid groups (broad SMARTS) is 1. The Morgan fingerprint density at radius 2 is 1.63 bits per heavy atom. The fraction of sp³-hybridized carbons (Fsp3) is 0.364. The van der Waals surface area contributed by atoms with Crippen LogP contribution in [0.2, 0.25) is 0 Å². The molecule has 0 aliphatic carbocycles. The molecule has 7 nitrogen and oxygen atoms in total. The maximum Gasteiger partial charge on any atom is 0.335 e. The first-order valence-electron chi connectivity index (χ1n) is 9.46. The van der Waals surface area contributed by atoms with Crippen LogP contribution in [0, 0.1) is 5.92 Å². The van der Waals surface area contributed by atoms with Crippen LogP contribution in [0.4, 0.5) is 0 Å². The summed E-state index contributed by atoms with van der Waals surface area (Å²) in [5.41, 5.74) is 1.76. The average molecular weight is 436 g/mol. The van der Waals surface area contributed by atoms with E-state index in [0.29, 0.717) is 17.9 Å². The molecule has 0 fully saturated rings. The van der Waals surface area contributed by atoms with Crippen molar-refractivity contribution in [2.24, 2.45) is 5.92 Å². The van der Waals surface area contributed by atoms with Gasteiger partial charge in [-0.15, -0.1) is 0 Å². The van der Waals surface area contributed by atoms with E-state index < -0.39 is 15.8 Å². The van der Waals surface area contributed by atoms with Gasteiger partial charge in [-0.2, -0.15) is 0 Å². The Morgan fingerprint density at radius 1 is 1.03 bits per heavy atom. The second-order valence-corrected chi connectivity index (χ2v) is 9.41. The first-order chi connectivity index (χ1) is 13.9. The van der Waals surface area contributed by atoms with Gasteiger partial charge >= 0.3 is 5.97 Å². The molecule has 0 radical (unpaired) electrons. The van der Waals surface area contributed by atoms with Gasteiger partial charge in [0, 0.05) is 12.7 Å². The van der Waals surface area contributed by atoms with Gasteiger partial charge in [0.1, 0.15) is 0 Å². The van der Waals surface area contributed by atoms with E-state index in [0.717, 1.165) is 11.8 Å². The van der Waals surface area contributed by atoms with Crippen LogP contribution in [-0.4, -0.2) is 36.8 Å². The van der Waals surface area contributed by atoms with Crippen molar-refractivity contribution in [1.29, 1.82) is 0 Å². The molecule has 164 valence electrons. The molecule has 8 heteroatoms. The lowest BCUT2D eigenvalue weighted by Gasteiger charge is -2.15. The fourth-order valence-electron chi connectivity index (χ4n) is 2.54. The molecule has 2 aromatic rings. The molecule has 3 N–H and O–H groups in total. The Labute approximate surface area is 177 Å². The molecule has 0 aromatic heterocycles. The summed E-state index contributed by atoms with van der Waals surface area (Å²) in [6.45, 7) is 5.73. The fourth-order valence-corrected chi connectivity index (χ4v) is 3.23. The molecular weight excluding hydrogens is 406 g/mol. The summed E-state index contributed by atoms with van der Waals surface area (Å²) < 4.78 is 22.0. The number of carboxylic acids is 1. The molecule has 30 heavy (non-hydrogen) atoms. The zero-order chi connectivity index (χ0) is 22.9. The minimum Gasteiger partial charge on any atom is -0.478 e. The number of rotatable bonds is 7. The van der Waals surface area contributed by atoms with E-state index in [9.17, 15) is 18.0 Å². The third-order valence-electron chi connectivity index (χ3n) is 4.14. The van der Waals surface area contributed by atoms with E-state index >= 15 is 0 Å². The van der Waals surface area contributed by atoms with Gasteiger partial charge in [0.25, 0.3) is 0 Å². The number of amides is 1. The summed E-state index contributed by atoms with van der Waals surface area (Å²) in [6, 6.07) is 12.7. The first-order valence-corrected chi connectivity index (χ1v) is 11.4. The summed E-state index contributed by atoms with van der Waals surface area (Å²) in [5.74, 6) is -0.607. The maximum absolute atomic E-state index is 11.6. The molecule has 0 saturated heterocycles. The Hall–Kier alpha value is -2.71. The van der Waals surface area contributed by atoms with Gasteiger partial charge in [-0.3, -0.25) is 4.79 Å². The standard InChI is InChI=1S/C14H19NO3.C8H10O3S/c1-9(2)8-13(16)15-10(3)11-4-6-12(7-5-11)14(17)18;1-12(10,11)8-4-2-3-7(5-8)6-9/h4-7,9-10H,8H2,1-3H3,(H,15,16)(H,17,18);2-5,9H,6H2,1H3. The molecule has 0 saturated carbocycles. The van der Waals surface area contributed by atoms with Crippen molar-refractivity contribution in [1.82, 2.24) is 5.32 Å². The zero-order valence-corrected chi connectivity index (χ0v) is 18.4. The SMILES string of the molecule is CC(C)CC(=O)NC(C)c1ccc(C(=O)O)cc1.CS(=O)(=O)c1cccc(CO)c1. The number of hydrogen-bond donors (Lipinski definition) is 3. The third kappa shape index (κ3) is 8.75. The smallest absolute Gasteiger partial charge is 0.335 e. The molecule has 2 rings (SSSR count). The van der Waals surface area contributed by atoms with Gasteiger partial charge in [-0.25, -0.2) is 13.2 Å². The number of carbonyl (C=O) groups is 2. The van der Waals surface area contributed by atoms with Crippen molar-refractivity contribution in [2.45, 2.75) is 44.7 Å².